The van der Waals surface area contributed by atoms with Gasteiger partial charge in [0.2, 0.25) is 0 Å². The molecule has 0 heterocycles. The van der Waals surface area contributed by atoms with Gasteiger partial charge in [0.15, 0.2) is 0 Å². The summed E-state index contributed by atoms with van der Waals surface area (Å²) in [5.41, 5.74) is 1.46. The lowest BCUT2D eigenvalue weighted by molar-refractivity contribution is 1.39. The van der Waals surface area contributed by atoms with E-state index in [1.165, 1.54) is 24.2 Å². The Bertz CT molecular complexity index is 214. The van der Waals surface area contributed by atoms with E-state index in [0.717, 1.165) is 5.25 Å². The van der Waals surface area contributed by atoms with E-state index in [9.17, 15) is 0 Å². The Morgan fingerprint density at radius 1 is 1.18 bits per heavy atom. The molecule has 0 aliphatic heterocycles. The molecule has 1 aromatic rings. The van der Waals surface area contributed by atoms with Crippen LogP contribution in [0.1, 0.15) is 18.4 Å². The maximum atomic E-state index is 2.20. The molecular weight excluding hydrogens is 152 g/mol. The van der Waals surface area contributed by atoms with E-state index < -0.39 is 0 Å². The van der Waals surface area contributed by atoms with Gasteiger partial charge >= 0.3 is 0 Å². The van der Waals surface area contributed by atoms with Gasteiger partial charge in [-0.15, -0.1) is 0 Å². The Balaban J connectivity index is 1.85. The highest BCUT2D eigenvalue weighted by molar-refractivity contribution is 7.99. The first kappa shape index (κ1) is 7.23. The molecule has 0 nitrogen and oxygen atoms in total. The monoisotopic (exact) mass is 164 g/mol. The fraction of sp³-hybridized carbons (Fsp3) is 0.400. The summed E-state index contributed by atoms with van der Waals surface area (Å²) in [6.45, 7) is 0. The van der Waals surface area contributed by atoms with Gasteiger partial charge in [0.1, 0.15) is 0 Å². The van der Waals surface area contributed by atoms with Crippen molar-refractivity contribution in [3.63, 3.8) is 0 Å². The molecule has 1 saturated carbocycles. The summed E-state index contributed by atoms with van der Waals surface area (Å²) in [5, 5.41) is 0.982. The summed E-state index contributed by atoms with van der Waals surface area (Å²) in [7, 11) is 0. The van der Waals surface area contributed by atoms with Gasteiger partial charge in [0.05, 0.1) is 0 Å². The second-order valence-electron chi connectivity index (χ2n) is 3.00. The van der Waals surface area contributed by atoms with E-state index in [0.29, 0.717) is 0 Å². The van der Waals surface area contributed by atoms with Crippen molar-refractivity contribution in [2.75, 3.05) is 0 Å². The van der Waals surface area contributed by atoms with Crippen LogP contribution in [-0.4, -0.2) is 5.25 Å². The molecule has 0 amide bonds. The molecule has 2 rings (SSSR count). The lowest BCUT2D eigenvalue weighted by Crippen LogP contribution is -1.79. The number of thioether (sulfide) groups is 1. The van der Waals surface area contributed by atoms with Crippen LogP contribution in [0.25, 0.3) is 0 Å². The summed E-state index contributed by atoms with van der Waals surface area (Å²) in [5.74, 6) is 1.20. The largest absolute Gasteiger partial charge is 0.154 e. The fourth-order valence-corrected chi connectivity index (χ4v) is 2.11. The summed E-state index contributed by atoms with van der Waals surface area (Å²) >= 11 is 2.10. The Kier molecular flexibility index (Phi) is 2.18. The first-order valence-electron chi connectivity index (χ1n) is 4.11. The van der Waals surface area contributed by atoms with Crippen LogP contribution >= 0.6 is 11.8 Å². The number of hydrogen-bond donors (Lipinski definition) is 0. The van der Waals surface area contributed by atoms with Gasteiger partial charge in [0.25, 0.3) is 0 Å². The third-order valence-electron chi connectivity index (χ3n) is 1.85. The summed E-state index contributed by atoms with van der Waals surface area (Å²) in [4.78, 5) is 0. The maximum absolute atomic E-state index is 2.20. The predicted octanol–water partition coefficient (Wildman–Crippen LogP) is 3.08. The fourth-order valence-electron chi connectivity index (χ4n) is 1.02. The molecule has 1 heteroatoms. The van der Waals surface area contributed by atoms with Crippen LogP contribution in [0.5, 0.6) is 0 Å². The SMILES string of the molecule is c1ccc(CSC2CC2)cc1. The summed E-state index contributed by atoms with van der Waals surface area (Å²) in [6.07, 6.45) is 2.88. The molecule has 0 unspecified atom stereocenters. The van der Waals surface area contributed by atoms with E-state index >= 15 is 0 Å². The second kappa shape index (κ2) is 3.31. The minimum atomic E-state index is 0.982. The zero-order valence-corrected chi connectivity index (χ0v) is 7.31. The van der Waals surface area contributed by atoms with Gasteiger partial charge in [-0.2, -0.15) is 11.8 Å². The van der Waals surface area contributed by atoms with E-state index in [2.05, 4.69) is 42.1 Å². The Hall–Kier alpha value is -0.430. The molecule has 0 N–H and O–H groups in total. The van der Waals surface area contributed by atoms with Crippen LogP contribution in [0.2, 0.25) is 0 Å². The molecule has 1 aromatic carbocycles. The molecule has 11 heavy (non-hydrogen) atoms. The molecule has 0 saturated heterocycles. The smallest absolute Gasteiger partial charge is 0.0187 e. The van der Waals surface area contributed by atoms with Crippen LogP contribution in [0.3, 0.4) is 0 Å². The van der Waals surface area contributed by atoms with Gasteiger partial charge in [-0.1, -0.05) is 30.3 Å². The van der Waals surface area contributed by atoms with Crippen molar-refractivity contribution in [1.29, 1.82) is 0 Å². The zero-order valence-electron chi connectivity index (χ0n) is 6.49. The zero-order chi connectivity index (χ0) is 7.52. The van der Waals surface area contributed by atoms with E-state index in [-0.39, 0.29) is 0 Å². The Morgan fingerprint density at radius 2 is 1.91 bits per heavy atom. The quantitative estimate of drug-likeness (QED) is 0.661. The summed E-state index contributed by atoms with van der Waals surface area (Å²) in [6, 6.07) is 10.7. The van der Waals surface area contributed by atoms with Gasteiger partial charge in [-0.05, 0) is 18.4 Å². The first-order chi connectivity index (χ1) is 5.45. The van der Waals surface area contributed by atoms with E-state index in [1.807, 2.05) is 0 Å². The molecule has 0 radical (unpaired) electrons. The van der Waals surface area contributed by atoms with Crippen LogP contribution in [-0.2, 0) is 5.75 Å². The predicted molar refractivity (Wildman–Crippen MR) is 50.8 cm³/mol. The number of rotatable bonds is 3. The molecule has 1 aliphatic rings. The molecule has 0 aromatic heterocycles. The number of benzene rings is 1. The van der Waals surface area contributed by atoms with Crippen LogP contribution < -0.4 is 0 Å². The molecule has 58 valence electrons. The lowest BCUT2D eigenvalue weighted by atomic mass is 10.2. The van der Waals surface area contributed by atoms with Crippen molar-refractivity contribution in [2.45, 2.75) is 23.8 Å². The average Bonchev–Trinajstić information content (AvgIpc) is 2.86. The number of hydrogen-bond acceptors (Lipinski definition) is 1. The second-order valence-corrected chi connectivity index (χ2v) is 4.28. The van der Waals surface area contributed by atoms with Crippen molar-refractivity contribution in [1.82, 2.24) is 0 Å². The van der Waals surface area contributed by atoms with Crippen LogP contribution in [0, 0.1) is 0 Å². The molecular formula is C10H12S. The first-order valence-corrected chi connectivity index (χ1v) is 5.15. The van der Waals surface area contributed by atoms with Gasteiger partial charge < -0.3 is 0 Å². The normalized spacial score (nSPS) is 16.7. The highest BCUT2D eigenvalue weighted by Gasteiger charge is 2.21. The van der Waals surface area contributed by atoms with Crippen LogP contribution in [0.15, 0.2) is 30.3 Å². The van der Waals surface area contributed by atoms with Gasteiger partial charge in [0, 0.05) is 11.0 Å². The van der Waals surface area contributed by atoms with Crippen molar-refractivity contribution in [3.05, 3.63) is 35.9 Å². The maximum Gasteiger partial charge on any atom is 0.0187 e. The molecule has 0 spiro atoms. The van der Waals surface area contributed by atoms with Gasteiger partial charge in [-0.3, -0.25) is 0 Å². The van der Waals surface area contributed by atoms with E-state index in [4.69, 9.17) is 0 Å². The van der Waals surface area contributed by atoms with Crippen molar-refractivity contribution >= 4 is 11.8 Å². The van der Waals surface area contributed by atoms with Crippen molar-refractivity contribution < 1.29 is 0 Å². The minimum Gasteiger partial charge on any atom is -0.154 e. The summed E-state index contributed by atoms with van der Waals surface area (Å²) < 4.78 is 0. The van der Waals surface area contributed by atoms with Gasteiger partial charge in [-0.25, -0.2) is 0 Å². The van der Waals surface area contributed by atoms with E-state index in [1.54, 1.807) is 0 Å². The molecule has 0 atom stereocenters. The minimum absolute atomic E-state index is 0.982. The third kappa shape index (κ3) is 2.26. The highest BCUT2D eigenvalue weighted by Crippen LogP contribution is 2.35. The van der Waals surface area contributed by atoms with Crippen molar-refractivity contribution in [2.24, 2.45) is 0 Å². The molecule has 0 bridgehead atoms. The Morgan fingerprint density at radius 3 is 2.55 bits per heavy atom. The Labute approximate surface area is 72.0 Å². The lowest BCUT2D eigenvalue weighted by Gasteiger charge is -1.97. The highest BCUT2D eigenvalue weighted by atomic mass is 32.2. The third-order valence-corrected chi connectivity index (χ3v) is 3.30. The van der Waals surface area contributed by atoms with Crippen molar-refractivity contribution in [3.8, 4) is 0 Å². The average molecular weight is 164 g/mol. The molecule has 1 fully saturated rings. The topological polar surface area (TPSA) is 0 Å². The van der Waals surface area contributed by atoms with Crippen LogP contribution in [0.4, 0.5) is 0 Å². The molecule has 1 aliphatic carbocycles. The standard InChI is InChI=1S/C10H12S/c1-2-4-9(5-3-1)8-11-10-6-7-10/h1-5,10H,6-8H2.